The average molecular weight is 226 g/mol. The fraction of sp³-hybridized carbons (Fsp3) is 0.111. The summed E-state index contributed by atoms with van der Waals surface area (Å²) in [5.74, 6) is 0.303. The molecular formula is C9H8BrNO. The number of fused-ring (bicyclic) bond motifs is 1. The van der Waals surface area contributed by atoms with E-state index in [1.54, 1.807) is 0 Å². The van der Waals surface area contributed by atoms with Gasteiger partial charge in [-0.05, 0) is 40.5 Å². The normalized spacial score (nSPS) is 10.8. The highest BCUT2D eigenvalue weighted by atomic mass is 79.9. The number of nitrogens with one attached hydrogen (secondary N) is 1. The van der Waals surface area contributed by atoms with Crippen molar-refractivity contribution >= 4 is 26.8 Å². The van der Waals surface area contributed by atoms with Gasteiger partial charge in [0.15, 0.2) is 0 Å². The van der Waals surface area contributed by atoms with E-state index < -0.39 is 0 Å². The highest BCUT2D eigenvalue weighted by Crippen LogP contribution is 2.33. The van der Waals surface area contributed by atoms with Gasteiger partial charge >= 0.3 is 0 Å². The Morgan fingerprint density at radius 3 is 3.00 bits per heavy atom. The van der Waals surface area contributed by atoms with Crippen molar-refractivity contribution in [1.82, 2.24) is 4.98 Å². The SMILES string of the molecule is Cc1cc(Br)c(O)c2cc[nH]c12. The van der Waals surface area contributed by atoms with Gasteiger partial charge in [-0.2, -0.15) is 0 Å². The van der Waals surface area contributed by atoms with Gasteiger partial charge < -0.3 is 10.1 Å². The molecule has 0 saturated carbocycles. The Balaban J connectivity index is 2.97. The molecule has 0 unspecified atom stereocenters. The van der Waals surface area contributed by atoms with Crippen LogP contribution < -0.4 is 0 Å². The van der Waals surface area contributed by atoms with Gasteiger partial charge in [0.1, 0.15) is 5.75 Å². The Hall–Kier alpha value is -0.960. The molecule has 2 rings (SSSR count). The summed E-state index contributed by atoms with van der Waals surface area (Å²) in [4.78, 5) is 3.08. The van der Waals surface area contributed by atoms with Gasteiger partial charge in [-0.1, -0.05) is 0 Å². The summed E-state index contributed by atoms with van der Waals surface area (Å²) in [6.45, 7) is 2.00. The lowest BCUT2D eigenvalue weighted by atomic mass is 10.1. The Kier molecular flexibility index (Phi) is 1.61. The van der Waals surface area contributed by atoms with Crippen molar-refractivity contribution in [3.63, 3.8) is 0 Å². The third kappa shape index (κ3) is 0.932. The van der Waals surface area contributed by atoms with E-state index in [4.69, 9.17) is 0 Å². The van der Waals surface area contributed by atoms with E-state index in [1.807, 2.05) is 25.3 Å². The number of aromatic amines is 1. The summed E-state index contributed by atoms with van der Waals surface area (Å²) in [5, 5.41) is 10.5. The third-order valence-corrected chi connectivity index (χ3v) is 2.57. The van der Waals surface area contributed by atoms with Crippen LogP contribution >= 0.6 is 15.9 Å². The quantitative estimate of drug-likeness (QED) is 0.711. The van der Waals surface area contributed by atoms with E-state index in [9.17, 15) is 5.11 Å². The number of aromatic nitrogens is 1. The molecule has 0 atom stereocenters. The molecule has 1 aromatic heterocycles. The Bertz CT molecular complexity index is 433. The largest absolute Gasteiger partial charge is 0.506 e. The van der Waals surface area contributed by atoms with Crippen LogP contribution in [0, 0.1) is 6.92 Å². The zero-order chi connectivity index (χ0) is 8.72. The summed E-state index contributed by atoms with van der Waals surface area (Å²) in [6.07, 6.45) is 1.82. The van der Waals surface area contributed by atoms with Crippen LogP contribution in [0.25, 0.3) is 10.9 Å². The zero-order valence-electron chi connectivity index (χ0n) is 6.56. The molecule has 0 radical (unpaired) electrons. The molecule has 3 heteroatoms. The molecule has 62 valence electrons. The number of benzene rings is 1. The highest BCUT2D eigenvalue weighted by molar-refractivity contribution is 9.10. The Morgan fingerprint density at radius 1 is 1.50 bits per heavy atom. The van der Waals surface area contributed by atoms with Crippen molar-refractivity contribution in [2.75, 3.05) is 0 Å². The molecule has 0 aliphatic carbocycles. The number of H-pyrrole nitrogens is 1. The van der Waals surface area contributed by atoms with Crippen molar-refractivity contribution < 1.29 is 5.11 Å². The molecule has 1 aromatic carbocycles. The first kappa shape index (κ1) is 7.68. The van der Waals surface area contributed by atoms with E-state index in [1.165, 1.54) is 0 Å². The number of phenols is 1. The summed E-state index contributed by atoms with van der Waals surface area (Å²) in [5.41, 5.74) is 2.12. The van der Waals surface area contributed by atoms with Crippen LogP contribution in [0.4, 0.5) is 0 Å². The number of halogens is 1. The van der Waals surface area contributed by atoms with Gasteiger partial charge in [-0.25, -0.2) is 0 Å². The predicted octanol–water partition coefficient (Wildman–Crippen LogP) is 2.94. The first-order valence-electron chi connectivity index (χ1n) is 3.65. The minimum atomic E-state index is 0.303. The van der Waals surface area contributed by atoms with Gasteiger partial charge in [-0.15, -0.1) is 0 Å². The fourth-order valence-electron chi connectivity index (χ4n) is 1.35. The Morgan fingerprint density at radius 2 is 2.25 bits per heavy atom. The zero-order valence-corrected chi connectivity index (χ0v) is 8.14. The van der Waals surface area contributed by atoms with Gasteiger partial charge in [0.05, 0.1) is 9.99 Å². The lowest BCUT2D eigenvalue weighted by Gasteiger charge is -2.01. The minimum absolute atomic E-state index is 0.303. The number of aryl methyl sites for hydroxylation is 1. The monoisotopic (exact) mass is 225 g/mol. The molecule has 1 heterocycles. The topological polar surface area (TPSA) is 36.0 Å². The summed E-state index contributed by atoms with van der Waals surface area (Å²) < 4.78 is 0.743. The second-order valence-electron chi connectivity index (χ2n) is 2.79. The number of rotatable bonds is 0. The molecule has 0 amide bonds. The van der Waals surface area contributed by atoms with E-state index in [0.717, 1.165) is 20.9 Å². The molecule has 0 fully saturated rings. The standard InChI is InChI=1S/C9H8BrNO/c1-5-4-7(10)9(12)6-2-3-11-8(5)6/h2-4,11-12H,1H3. The molecule has 0 spiro atoms. The number of phenolic OH excluding ortho intramolecular Hbond substituents is 1. The van der Waals surface area contributed by atoms with Crippen LogP contribution in [-0.4, -0.2) is 10.1 Å². The van der Waals surface area contributed by atoms with Crippen molar-refractivity contribution in [1.29, 1.82) is 0 Å². The molecule has 0 bridgehead atoms. The van der Waals surface area contributed by atoms with Crippen LogP contribution in [0.2, 0.25) is 0 Å². The van der Waals surface area contributed by atoms with E-state index in [-0.39, 0.29) is 0 Å². The molecule has 12 heavy (non-hydrogen) atoms. The second-order valence-corrected chi connectivity index (χ2v) is 3.64. The number of hydrogen-bond acceptors (Lipinski definition) is 1. The molecule has 0 aliphatic heterocycles. The number of hydrogen-bond donors (Lipinski definition) is 2. The van der Waals surface area contributed by atoms with Gasteiger partial charge in [0.25, 0.3) is 0 Å². The summed E-state index contributed by atoms with van der Waals surface area (Å²) in [7, 11) is 0. The molecule has 2 nitrogen and oxygen atoms in total. The first-order valence-corrected chi connectivity index (χ1v) is 4.44. The average Bonchev–Trinajstić information content (AvgIpc) is 2.48. The van der Waals surface area contributed by atoms with Crippen LogP contribution in [0.1, 0.15) is 5.56 Å². The van der Waals surface area contributed by atoms with Gasteiger partial charge in [0, 0.05) is 11.6 Å². The summed E-state index contributed by atoms with van der Waals surface area (Å²) >= 11 is 3.29. The van der Waals surface area contributed by atoms with Crippen LogP contribution in [-0.2, 0) is 0 Å². The van der Waals surface area contributed by atoms with E-state index in [0.29, 0.717) is 5.75 Å². The van der Waals surface area contributed by atoms with E-state index in [2.05, 4.69) is 20.9 Å². The smallest absolute Gasteiger partial charge is 0.139 e. The van der Waals surface area contributed by atoms with Gasteiger partial charge in [-0.3, -0.25) is 0 Å². The lowest BCUT2D eigenvalue weighted by molar-refractivity contribution is 0.478. The van der Waals surface area contributed by atoms with Crippen molar-refractivity contribution in [3.05, 3.63) is 28.4 Å². The first-order chi connectivity index (χ1) is 5.70. The van der Waals surface area contributed by atoms with Crippen LogP contribution in [0.15, 0.2) is 22.8 Å². The maximum absolute atomic E-state index is 9.60. The van der Waals surface area contributed by atoms with Crippen molar-refractivity contribution in [2.45, 2.75) is 6.92 Å². The molecule has 0 saturated heterocycles. The van der Waals surface area contributed by atoms with Crippen molar-refractivity contribution in [3.8, 4) is 5.75 Å². The lowest BCUT2D eigenvalue weighted by Crippen LogP contribution is -1.78. The van der Waals surface area contributed by atoms with Crippen LogP contribution in [0.3, 0.4) is 0 Å². The molecule has 2 aromatic rings. The van der Waals surface area contributed by atoms with Gasteiger partial charge in [0.2, 0.25) is 0 Å². The van der Waals surface area contributed by atoms with Crippen molar-refractivity contribution in [2.24, 2.45) is 0 Å². The Labute approximate surface area is 78.3 Å². The maximum atomic E-state index is 9.60. The maximum Gasteiger partial charge on any atom is 0.139 e. The third-order valence-electron chi connectivity index (χ3n) is 1.97. The molecule has 0 aliphatic rings. The number of aromatic hydroxyl groups is 1. The highest BCUT2D eigenvalue weighted by Gasteiger charge is 2.06. The van der Waals surface area contributed by atoms with Crippen LogP contribution in [0.5, 0.6) is 5.75 Å². The molecular weight excluding hydrogens is 218 g/mol. The molecule has 2 N–H and O–H groups in total. The predicted molar refractivity (Wildman–Crippen MR) is 52.4 cm³/mol. The fourth-order valence-corrected chi connectivity index (χ4v) is 1.91. The second kappa shape index (κ2) is 2.52. The summed E-state index contributed by atoms with van der Waals surface area (Å²) in [6, 6.07) is 3.76. The minimum Gasteiger partial charge on any atom is -0.506 e. The van der Waals surface area contributed by atoms with E-state index >= 15 is 0 Å².